The molecule has 2 N–H and O–H groups in total. The van der Waals surface area contributed by atoms with E-state index >= 15 is 0 Å². The van der Waals surface area contributed by atoms with Crippen LogP contribution in [0.5, 0.6) is 11.5 Å². The molecule has 0 spiro atoms. The number of hydrazine groups is 1. The molecule has 1 aliphatic rings. The first-order valence-electron chi connectivity index (χ1n) is 11.2. The second-order valence-electron chi connectivity index (χ2n) is 7.85. The fraction of sp³-hybridized carbons (Fsp3) is 0.200. The van der Waals surface area contributed by atoms with Crippen LogP contribution in [-0.2, 0) is 9.59 Å². The first-order valence-corrected chi connectivity index (χ1v) is 12.4. The van der Waals surface area contributed by atoms with Crippen LogP contribution >= 0.6 is 35.4 Å². The molecule has 1 saturated heterocycles. The van der Waals surface area contributed by atoms with Crippen LogP contribution in [0.2, 0.25) is 10.0 Å². The minimum atomic E-state index is -0.981. The Morgan fingerprint density at radius 2 is 1.78 bits per heavy atom. The maximum Gasteiger partial charge on any atom is 0.258 e. The minimum Gasteiger partial charge on any atom is -0.497 e. The van der Waals surface area contributed by atoms with Crippen molar-refractivity contribution in [2.75, 3.05) is 29.4 Å². The minimum absolute atomic E-state index is 0.127. The number of rotatable bonds is 9. The van der Waals surface area contributed by atoms with E-state index in [2.05, 4.69) is 15.7 Å². The van der Waals surface area contributed by atoms with Gasteiger partial charge in [-0.1, -0.05) is 23.2 Å². The Hall–Kier alpha value is -3.60. The van der Waals surface area contributed by atoms with Crippen molar-refractivity contribution in [2.45, 2.75) is 19.4 Å². The summed E-state index contributed by atoms with van der Waals surface area (Å²) in [5.74, 6) is 0.766. The smallest absolute Gasteiger partial charge is 0.258 e. The van der Waals surface area contributed by atoms with Crippen molar-refractivity contribution in [1.82, 2.24) is 9.99 Å². The number of halogens is 2. The molecule has 1 aliphatic heterocycles. The van der Waals surface area contributed by atoms with Crippen LogP contribution in [0.4, 0.5) is 17.2 Å². The number of nitrogens with one attached hydrogen (secondary N) is 2. The highest BCUT2D eigenvalue weighted by atomic mass is 35.5. The van der Waals surface area contributed by atoms with Gasteiger partial charge in [-0.2, -0.15) is 0 Å². The van der Waals surface area contributed by atoms with Gasteiger partial charge in [0, 0.05) is 11.9 Å². The van der Waals surface area contributed by atoms with Gasteiger partial charge in [-0.25, -0.2) is 9.99 Å². The lowest BCUT2D eigenvalue weighted by atomic mass is 10.1. The number of hydrogen-bond acceptors (Lipinski definition) is 7. The molecule has 0 radical (unpaired) electrons. The number of nitrogens with zero attached hydrogens (tertiary/aromatic N) is 3. The molecule has 3 aromatic rings. The molecule has 12 heteroatoms. The number of anilines is 3. The van der Waals surface area contributed by atoms with Gasteiger partial charge < -0.3 is 14.8 Å². The molecule has 37 heavy (non-hydrogen) atoms. The summed E-state index contributed by atoms with van der Waals surface area (Å²) in [6.07, 6.45) is 1.21. The van der Waals surface area contributed by atoms with Crippen molar-refractivity contribution in [1.29, 1.82) is 0 Å². The zero-order valence-corrected chi connectivity index (χ0v) is 22.2. The van der Waals surface area contributed by atoms with E-state index in [1.807, 2.05) is 6.92 Å². The number of thiocarbonyl (C=S) groups is 1. The molecule has 0 saturated carbocycles. The number of benzene rings is 2. The van der Waals surface area contributed by atoms with Crippen molar-refractivity contribution < 1.29 is 19.1 Å². The highest BCUT2D eigenvalue weighted by Crippen LogP contribution is 2.31. The second-order valence-corrected chi connectivity index (χ2v) is 9.05. The molecule has 4 rings (SSSR count). The van der Waals surface area contributed by atoms with E-state index in [1.54, 1.807) is 55.6 Å². The Bertz CT molecular complexity index is 1310. The quantitative estimate of drug-likeness (QED) is 0.347. The molecule has 2 amide bonds. The number of amides is 2. The Kier molecular flexibility index (Phi) is 8.32. The lowest BCUT2D eigenvalue weighted by molar-refractivity contribution is -0.124. The molecule has 192 valence electrons. The van der Waals surface area contributed by atoms with E-state index in [-0.39, 0.29) is 28.3 Å². The van der Waals surface area contributed by atoms with Crippen molar-refractivity contribution in [3.05, 3.63) is 70.8 Å². The van der Waals surface area contributed by atoms with Gasteiger partial charge in [-0.3, -0.25) is 19.9 Å². The van der Waals surface area contributed by atoms with E-state index in [0.29, 0.717) is 34.5 Å². The topological polar surface area (TPSA) is 96.0 Å². The van der Waals surface area contributed by atoms with E-state index in [0.717, 1.165) is 0 Å². The van der Waals surface area contributed by atoms with Gasteiger partial charge in [0.15, 0.2) is 5.82 Å². The predicted molar refractivity (Wildman–Crippen MR) is 147 cm³/mol. The van der Waals surface area contributed by atoms with Crippen molar-refractivity contribution in [3.63, 3.8) is 0 Å². The van der Waals surface area contributed by atoms with Crippen LogP contribution < -0.4 is 25.1 Å². The summed E-state index contributed by atoms with van der Waals surface area (Å²) in [6, 6.07) is 14.3. The average molecular weight is 560 g/mol. The van der Waals surface area contributed by atoms with Gasteiger partial charge >= 0.3 is 0 Å². The lowest BCUT2D eigenvalue weighted by Gasteiger charge is -2.25. The highest BCUT2D eigenvalue weighted by Gasteiger charge is 2.45. The molecular weight excluding hydrogens is 537 g/mol. The molecule has 1 fully saturated rings. The first kappa shape index (κ1) is 26.5. The molecule has 0 aliphatic carbocycles. The summed E-state index contributed by atoms with van der Waals surface area (Å²) in [5, 5.41) is 4.91. The molecular formula is C25H23Cl2N5O4S. The number of ether oxygens (including phenoxy) is 2. The lowest BCUT2D eigenvalue weighted by Crippen LogP contribution is -2.42. The van der Waals surface area contributed by atoms with Crippen LogP contribution in [0.15, 0.2) is 60.8 Å². The van der Waals surface area contributed by atoms with Crippen LogP contribution in [-0.4, -0.2) is 46.7 Å². The summed E-state index contributed by atoms with van der Waals surface area (Å²) in [4.78, 5) is 32.1. The average Bonchev–Trinajstić information content (AvgIpc) is 3.10. The Morgan fingerprint density at radius 1 is 1.11 bits per heavy atom. The van der Waals surface area contributed by atoms with Gasteiger partial charge in [0.25, 0.3) is 5.91 Å². The fourth-order valence-corrected chi connectivity index (χ4v) is 4.46. The second kappa shape index (κ2) is 11.6. The number of hydrogen-bond donors (Lipinski definition) is 2. The number of methoxy groups -OCH3 is 1. The van der Waals surface area contributed by atoms with Crippen LogP contribution in [0.25, 0.3) is 0 Å². The van der Waals surface area contributed by atoms with Gasteiger partial charge in [0.05, 0.1) is 35.9 Å². The fourth-order valence-electron chi connectivity index (χ4n) is 3.67. The SMILES string of the molecule is CCOc1ccc(NC(=O)CC2C(=O)N(c3ccc(OC)cc3)C(=S)N2Nc2ncc(Cl)cc2Cl)cc1. The van der Waals surface area contributed by atoms with E-state index < -0.39 is 11.9 Å². The largest absolute Gasteiger partial charge is 0.497 e. The van der Waals surface area contributed by atoms with Crippen molar-refractivity contribution in [3.8, 4) is 11.5 Å². The summed E-state index contributed by atoms with van der Waals surface area (Å²) >= 11 is 17.9. The summed E-state index contributed by atoms with van der Waals surface area (Å²) < 4.78 is 10.6. The Balaban J connectivity index is 1.58. The molecule has 1 aromatic heterocycles. The van der Waals surface area contributed by atoms with Crippen molar-refractivity contribution in [2.24, 2.45) is 0 Å². The van der Waals surface area contributed by atoms with Crippen LogP contribution in [0.1, 0.15) is 13.3 Å². The monoisotopic (exact) mass is 559 g/mol. The van der Waals surface area contributed by atoms with Crippen molar-refractivity contribution >= 4 is 69.5 Å². The summed E-state index contributed by atoms with van der Waals surface area (Å²) in [7, 11) is 1.55. The third kappa shape index (κ3) is 6.04. The third-order valence-electron chi connectivity index (χ3n) is 5.41. The third-order valence-corrected chi connectivity index (χ3v) is 6.28. The van der Waals surface area contributed by atoms with Gasteiger partial charge in [-0.05, 0) is 73.7 Å². The molecule has 0 bridgehead atoms. The first-order chi connectivity index (χ1) is 17.8. The number of aromatic nitrogens is 1. The maximum atomic E-state index is 13.6. The normalized spacial score (nSPS) is 15.1. The summed E-state index contributed by atoms with van der Waals surface area (Å²) in [5.41, 5.74) is 4.07. The standard InChI is InChI=1S/C25H23Cl2N5O4S/c1-3-36-19-8-4-16(5-9-19)29-22(33)13-21-24(34)31(17-6-10-18(35-2)11-7-17)25(37)32(21)30-23-20(27)12-15(26)14-28-23/h4-12,14,21H,3,13H2,1-2H3,(H,28,30)(H,29,33). The van der Waals surface area contributed by atoms with Crippen LogP contribution in [0, 0.1) is 0 Å². The van der Waals surface area contributed by atoms with Gasteiger partial charge in [0.1, 0.15) is 17.5 Å². The van der Waals surface area contributed by atoms with E-state index in [9.17, 15) is 9.59 Å². The zero-order chi connectivity index (χ0) is 26.5. The molecule has 2 heterocycles. The Labute approximate surface area is 229 Å². The molecule has 1 unspecified atom stereocenters. The summed E-state index contributed by atoms with van der Waals surface area (Å²) in [6.45, 7) is 2.43. The Morgan fingerprint density at radius 3 is 2.41 bits per heavy atom. The van der Waals surface area contributed by atoms with E-state index in [4.69, 9.17) is 44.9 Å². The number of carbonyl (C=O) groups excluding carboxylic acids is 2. The highest BCUT2D eigenvalue weighted by molar-refractivity contribution is 7.80. The molecule has 2 aromatic carbocycles. The van der Waals surface area contributed by atoms with E-state index in [1.165, 1.54) is 22.2 Å². The van der Waals surface area contributed by atoms with Crippen LogP contribution in [0.3, 0.4) is 0 Å². The number of pyridine rings is 1. The van der Waals surface area contributed by atoms with Gasteiger partial charge in [-0.15, -0.1) is 0 Å². The zero-order valence-electron chi connectivity index (χ0n) is 19.9. The number of carbonyl (C=O) groups is 2. The molecule has 1 atom stereocenters. The van der Waals surface area contributed by atoms with Gasteiger partial charge in [0.2, 0.25) is 11.0 Å². The maximum absolute atomic E-state index is 13.6. The predicted octanol–water partition coefficient (Wildman–Crippen LogP) is 5.15. The molecule has 9 nitrogen and oxygen atoms in total.